The summed E-state index contributed by atoms with van der Waals surface area (Å²) >= 11 is 0. The molecule has 0 bridgehead atoms. The minimum absolute atomic E-state index is 0.538. The van der Waals surface area contributed by atoms with E-state index in [1.807, 2.05) is 42.5 Å². The Morgan fingerprint density at radius 3 is 2.41 bits per heavy atom. The molecular formula is C19H13NO2. The van der Waals surface area contributed by atoms with E-state index >= 15 is 0 Å². The topological polar surface area (TPSA) is 42.1 Å². The second-order valence-corrected chi connectivity index (χ2v) is 5.11. The molecule has 0 amide bonds. The fourth-order valence-electron chi connectivity index (χ4n) is 2.72. The molecule has 4 rings (SSSR count). The Morgan fingerprint density at radius 1 is 0.773 bits per heavy atom. The maximum Gasteiger partial charge on any atom is 0.153 e. The molecule has 3 aromatic carbocycles. The van der Waals surface area contributed by atoms with Crippen LogP contribution in [-0.4, -0.2) is 11.3 Å². The quantitative estimate of drug-likeness (QED) is 0.543. The van der Waals surface area contributed by atoms with E-state index in [4.69, 9.17) is 4.74 Å². The molecule has 0 atom stereocenters. The molecule has 0 fully saturated rings. The summed E-state index contributed by atoms with van der Waals surface area (Å²) in [5, 5.41) is 2.27. The maximum atomic E-state index is 11.1. The van der Waals surface area contributed by atoms with Gasteiger partial charge in [0, 0.05) is 16.3 Å². The Balaban J connectivity index is 1.90. The number of hydrogen-bond acceptors (Lipinski definition) is 2. The summed E-state index contributed by atoms with van der Waals surface area (Å²) in [5.41, 5.74) is 2.54. The zero-order chi connectivity index (χ0) is 14.9. The molecule has 106 valence electrons. The molecular weight excluding hydrogens is 274 g/mol. The normalized spacial score (nSPS) is 10.9. The van der Waals surface area contributed by atoms with Gasteiger partial charge in [0.15, 0.2) is 12.0 Å². The lowest BCUT2D eigenvalue weighted by molar-refractivity contribution is 0.112. The smallest absolute Gasteiger partial charge is 0.153 e. The second-order valence-electron chi connectivity index (χ2n) is 5.11. The Labute approximate surface area is 127 Å². The van der Waals surface area contributed by atoms with E-state index in [0.29, 0.717) is 17.1 Å². The standard InChI is InChI=1S/C19H13NO2/c21-12-13-6-1-4-10-17(13)22-18-11-5-8-15-14-7-2-3-9-16(14)20-19(15)18/h1-12,20H. The Kier molecular flexibility index (Phi) is 2.90. The van der Waals surface area contributed by atoms with E-state index in [1.54, 1.807) is 12.1 Å². The minimum Gasteiger partial charge on any atom is -0.454 e. The highest BCUT2D eigenvalue weighted by molar-refractivity contribution is 6.09. The van der Waals surface area contributed by atoms with Crippen LogP contribution in [0.1, 0.15) is 10.4 Å². The molecule has 0 saturated heterocycles. The number of rotatable bonds is 3. The zero-order valence-corrected chi connectivity index (χ0v) is 11.7. The predicted molar refractivity (Wildman–Crippen MR) is 87.7 cm³/mol. The van der Waals surface area contributed by atoms with E-state index in [-0.39, 0.29) is 0 Å². The number of hydrogen-bond donors (Lipinski definition) is 1. The number of fused-ring (bicyclic) bond motifs is 3. The highest BCUT2D eigenvalue weighted by Crippen LogP contribution is 2.34. The van der Waals surface area contributed by atoms with Crippen LogP contribution in [0.4, 0.5) is 0 Å². The van der Waals surface area contributed by atoms with Gasteiger partial charge in [-0.25, -0.2) is 0 Å². The molecule has 0 radical (unpaired) electrons. The van der Waals surface area contributed by atoms with E-state index in [9.17, 15) is 4.79 Å². The average Bonchev–Trinajstić information content (AvgIpc) is 2.95. The van der Waals surface area contributed by atoms with Gasteiger partial charge in [0.1, 0.15) is 5.75 Å². The number of aromatic nitrogens is 1. The summed E-state index contributed by atoms with van der Waals surface area (Å²) in [7, 11) is 0. The number of H-pyrrole nitrogens is 1. The van der Waals surface area contributed by atoms with Gasteiger partial charge in [0.25, 0.3) is 0 Å². The van der Waals surface area contributed by atoms with Crippen molar-refractivity contribution in [3.8, 4) is 11.5 Å². The van der Waals surface area contributed by atoms with Gasteiger partial charge in [0.2, 0.25) is 0 Å². The fraction of sp³-hybridized carbons (Fsp3) is 0. The van der Waals surface area contributed by atoms with Gasteiger partial charge in [-0.1, -0.05) is 42.5 Å². The van der Waals surface area contributed by atoms with Crippen LogP contribution >= 0.6 is 0 Å². The summed E-state index contributed by atoms with van der Waals surface area (Å²) in [6.45, 7) is 0. The molecule has 3 heteroatoms. The molecule has 1 aromatic heterocycles. The lowest BCUT2D eigenvalue weighted by atomic mass is 10.1. The number of ether oxygens (including phenoxy) is 1. The number of benzene rings is 3. The number of carbonyl (C=O) groups is 1. The summed E-state index contributed by atoms with van der Waals surface area (Å²) < 4.78 is 5.98. The second kappa shape index (κ2) is 5.04. The van der Waals surface area contributed by atoms with Crippen molar-refractivity contribution in [1.29, 1.82) is 0 Å². The van der Waals surface area contributed by atoms with Crippen molar-refractivity contribution in [3.05, 3.63) is 72.3 Å². The fourth-order valence-corrected chi connectivity index (χ4v) is 2.72. The number of para-hydroxylation sites is 3. The van der Waals surface area contributed by atoms with Crippen molar-refractivity contribution in [1.82, 2.24) is 4.98 Å². The highest BCUT2D eigenvalue weighted by Gasteiger charge is 2.10. The van der Waals surface area contributed by atoms with Crippen LogP contribution < -0.4 is 4.74 Å². The van der Waals surface area contributed by atoms with Crippen molar-refractivity contribution < 1.29 is 9.53 Å². The molecule has 3 nitrogen and oxygen atoms in total. The molecule has 0 aliphatic rings. The van der Waals surface area contributed by atoms with Crippen molar-refractivity contribution in [2.75, 3.05) is 0 Å². The van der Waals surface area contributed by atoms with Crippen LogP contribution in [0.3, 0.4) is 0 Å². The molecule has 0 saturated carbocycles. The SMILES string of the molecule is O=Cc1ccccc1Oc1cccc2c1[nH]c1ccccc12. The lowest BCUT2D eigenvalue weighted by Gasteiger charge is -2.08. The van der Waals surface area contributed by atoms with E-state index in [0.717, 1.165) is 28.1 Å². The molecule has 22 heavy (non-hydrogen) atoms. The summed E-state index contributed by atoms with van der Waals surface area (Å²) in [4.78, 5) is 14.5. The van der Waals surface area contributed by atoms with Crippen LogP contribution in [0.25, 0.3) is 21.8 Å². The largest absolute Gasteiger partial charge is 0.454 e. The van der Waals surface area contributed by atoms with Gasteiger partial charge >= 0.3 is 0 Å². The van der Waals surface area contributed by atoms with Crippen LogP contribution in [0.5, 0.6) is 11.5 Å². The Bertz CT molecular complexity index is 985. The molecule has 0 aliphatic heterocycles. The van der Waals surface area contributed by atoms with Crippen molar-refractivity contribution in [3.63, 3.8) is 0 Å². The lowest BCUT2D eigenvalue weighted by Crippen LogP contribution is -1.90. The van der Waals surface area contributed by atoms with E-state index < -0.39 is 0 Å². The maximum absolute atomic E-state index is 11.1. The van der Waals surface area contributed by atoms with Gasteiger partial charge in [-0.05, 0) is 24.3 Å². The third-order valence-electron chi connectivity index (χ3n) is 3.77. The van der Waals surface area contributed by atoms with Gasteiger partial charge in [-0.15, -0.1) is 0 Å². The van der Waals surface area contributed by atoms with E-state index in [2.05, 4.69) is 17.1 Å². The summed E-state index contributed by atoms with van der Waals surface area (Å²) in [5.74, 6) is 1.27. The average molecular weight is 287 g/mol. The first-order valence-corrected chi connectivity index (χ1v) is 7.08. The number of aldehydes is 1. The van der Waals surface area contributed by atoms with E-state index in [1.165, 1.54) is 0 Å². The van der Waals surface area contributed by atoms with Crippen molar-refractivity contribution in [2.45, 2.75) is 0 Å². The Morgan fingerprint density at radius 2 is 1.50 bits per heavy atom. The minimum atomic E-state index is 0.538. The highest BCUT2D eigenvalue weighted by atomic mass is 16.5. The van der Waals surface area contributed by atoms with Crippen molar-refractivity contribution >= 4 is 28.1 Å². The van der Waals surface area contributed by atoms with Crippen LogP contribution in [-0.2, 0) is 0 Å². The van der Waals surface area contributed by atoms with Gasteiger partial charge in [-0.3, -0.25) is 4.79 Å². The molecule has 0 spiro atoms. The van der Waals surface area contributed by atoms with Gasteiger partial charge < -0.3 is 9.72 Å². The third-order valence-corrected chi connectivity index (χ3v) is 3.77. The van der Waals surface area contributed by atoms with Crippen LogP contribution in [0.15, 0.2) is 66.7 Å². The Hall–Kier alpha value is -3.07. The first kappa shape index (κ1) is 12.7. The number of aromatic amines is 1. The van der Waals surface area contributed by atoms with Crippen LogP contribution in [0, 0.1) is 0 Å². The molecule has 0 unspecified atom stereocenters. The number of nitrogens with one attached hydrogen (secondary N) is 1. The number of carbonyl (C=O) groups excluding carboxylic acids is 1. The monoisotopic (exact) mass is 287 g/mol. The van der Waals surface area contributed by atoms with Crippen molar-refractivity contribution in [2.24, 2.45) is 0 Å². The first-order valence-electron chi connectivity index (χ1n) is 7.08. The summed E-state index contributed by atoms with van der Waals surface area (Å²) in [6.07, 6.45) is 0.806. The molecule has 1 heterocycles. The summed E-state index contributed by atoms with van der Waals surface area (Å²) in [6, 6.07) is 21.3. The molecule has 1 N–H and O–H groups in total. The predicted octanol–water partition coefficient (Wildman–Crippen LogP) is 4.93. The van der Waals surface area contributed by atoms with Gasteiger partial charge in [0.05, 0.1) is 11.1 Å². The molecule has 4 aromatic rings. The third kappa shape index (κ3) is 1.95. The zero-order valence-electron chi connectivity index (χ0n) is 11.7. The molecule has 0 aliphatic carbocycles. The first-order chi connectivity index (χ1) is 10.9. The van der Waals surface area contributed by atoms with Crippen LogP contribution in [0.2, 0.25) is 0 Å². The van der Waals surface area contributed by atoms with Gasteiger partial charge in [-0.2, -0.15) is 0 Å².